The van der Waals surface area contributed by atoms with E-state index in [1.807, 2.05) is 24.3 Å². The summed E-state index contributed by atoms with van der Waals surface area (Å²) in [4.78, 5) is 12.6. The number of carbonyl (C=O) groups is 1. The number of nitrogens with zero attached hydrogens (tertiary/aromatic N) is 1. The fourth-order valence-electron chi connectivity index (χ4n) is 3.51. The van der Waals surface area contributed by atoms with E-state index >= 15 is 0 Å². The molecule has 1 amide bonds. The van der Waals surface area contributed by atoms with Gasteiger partial charge in [-0.25, -0.2) is 0 Å². The fourth-order valence-corrected chi connectivity index (χ4v) is 4.27. The van der Waals surface area contributed by atoms with Crippen LogP contribution in [-0.4, -0.2) is 13.0 Å². The molecule has 0 heterocycles. The van der Waals surface area contributed by atoms with E-state index in [9.17, 15) is 10.1 Å². The van der Waals surface area contributed by atoms with Crippen molar-refractivity contribution in [2.45, 2.75) is 6.61 Å². The maximum atomic E-state index is 12.6. The number of nitriles is 1. The van der Waals surface area contributed by atoms with Crippen LogP contribution in [0.3, 0.4) is 0 Å². The lowest BCUT2D eigenvalue weighted by Crippen LogP contribution is -2.13. The van der Waals surface area contributed by atoms with Crippen molar-refractivity contribution in [1.29, 1.82) is 5.26 Å². The number of para-hydroxylation sites is 1. The van der Waals surface area contributed by atoms with Crippen molar-refractivity contribution in [1.82, 2.24) is 0 Å². The Morgan fingerprint density at radius 2 is 1.80 bits per heavy atom. The van der Waals surface area contributed by atoms with Gasteiger partial charge in [0.15, 0.2) is 11.5 Å². The van der Waals surface area contributed by atoms with Gasteiger partial charge in [0.05, 0.1) is 22.3 Å². The second-order valence-corrected chi connectivity index (χ2v) is 8.87. The molecule has 35 heavy (non-hydrogen) atoms. The third kappa shape index (κ3) is 5.83. The normalized spacial score (nSPS) is 11.1. The lowest BCUT2D eigenvalue weighted by atomic mass is 10.1. The van der Waals surface area contributed by atoms with Crippen molar-refractivity contribution in [3.63, 3.8) is 0 Å². The number of carbonyl (C=O) groups excluding carboxylic acids is 1. The summed E-state index contributed by atoms with van der Waals surface area (Å²) in [6, 6.07) is 26.5. The minimum Gasteiger partial charge on any atom is -0.493 e. The van der Waals surface area contributed by atoms with E-state index in [2.05, 4.69) is 45.5 Å². The molecule has 0 fully saturated rings. The van der Waals surface area contributed by atoms with Crippen molar-refractivity contribution < 1.29 is 14.3 Å². The number of rotatable bonds is 7. The van der Waals surface area contributed by atoms with Crippen molar-refractivity contribution in [2.24, 2.45) is 0 Å². The number of ether oxygens (including phenoxy) is 2. The van der Waals surface area contributed by atoms with E-state index in [-0.39, 0.29) is 5.57 Å². The summed E-state index contributed by atoms with van der Waals surface area (Å²) in [7, 11) is 1.54. The molecule has 0 atom stereocenters. The van der Waals surface area contributed by atoms with Crippen LogP contribution in [0.1, 0.15) is 11.1 Å². The van der Waals surface area contributed by atoms with Crippen molar-refractivity contribution in [2.75, 3.05) is 12.4 Å². The summed E-state index contributed by atoms with van der Waals surface area (Å²) in [6.45, 7) is 0.346. The minimum atomic E-state index is -0.563. The molecule has 0 aliphatic heterocycles. The molecular weight excluding hydrogens is 528 g/mol. The summed E-state index contributed by atoms with van der Waals surface area (Å²) in [6.07, 6.45) is 1.48. The van der Waals surface area contributed by atoms with Crippen LogP contribution in [-0.2, 0) is 11.4 Å². The monoisotopic (exact) mass is 546 g/mol. The number of hydrogen-bond acceptors (Lipinski definition) is 4. The Morgan fingerprint density at radius 1 is 1.06 bits per heavy atom. The average Bonchev–Trinajstić information content (AvgIpc) is 2.87. The molecule has 5 nitrogen and oxygen atoms in total. The first kappa shape index (κ1) is 24.3. The number of benzene rings is 4. The Kier molecular flexibility index (Phi) is 7.71. The van der Waals surface area contributed by atoms with Gasteiger partial charge in [-0.1, -0.05) is 60.1 Å². The standard InChI is InChI=1S/C28H20BrClN2O3/c1-34-26-15-19(13-22(16-31)28(33)32-25-9-5-4-8-24(25)30)14-23(29)27(26)35-17-18-10-11-20-6-2-3-7-21(20)12-18/h2-15H,17H2,1H3,(H,32,33)/b22-13+. The summed E-state index contributed by atoms with van der Waals surface area (Å²) < 4.78 is 12.2. The second kappa shape index (κ2) is 11.1. The minimum absolute atomic E-state index is 0.0799. The SMILES string of the molecule is COc1cc(/C=C(\C#N)C(=O)Nc2ccccc2Cl)cc(Br)c1OCc1ccc2ccccc2c1. The molecule has 0 unspecified atom stereocenters. The van der Waals surface area contributed by atoms with Crippen LogP contribution < -0.4 is 14.8 Å². The molecule has 0 bridgehead atoms. The van der Waals surface area contributed by atoms with Gasteiger partial charge < -0.3 is 14.8 Å². The van der Waals surface area contributed by atoms with Gasteiger partial charge >= 0.3 is 0 Å². The van der Waals surface area contributed by atoms with Gasteiger partial charge in [-0.15, -0.1) is 0 Å². The van der Waals surface area contributed by atoms with E-state index < -0.39 is 5.91 Å². The number of nitrogens with one attached hydrogen (secondary N) is 1. The molecule has 4 aromatic rings. The van der Waals surface area contributed by atoms with E-state index in [4.69, 9.17) is 21.1 Å². The smallest absolute Gasteiger partial charge is 0.266 e. The first-order valence-electron chi connectivity index (χ1n) is 10.6. The lowest BCUT2D eigenvalue weighted by molar-refractivity contribution is -0.112. The van der Waals surface area contributed by atoms with E-state index in [1.165, 1.54) is 13.2 Å². The zero-order valence-corrected chi connectivity index (χ0v) is 21.1. The molecule has 1 N–H and O–H groups in total. The molecule has 0 saturated heterocycles. The molecule has 0 saturated carbocycles. The summed E-state index contributed by atoms with van der Waals surface area (Å²) in [5.74, 6) is 0.430. The molecule has 0 aliphatic rings. The quantitative estimate of drug-likeness (QED) is 0.193. The second-order valence-electron chi connectivity index (χ2n) is 7.61. The Morgan fingerprint density at radius 3 is 2.54 bits per heavy atom. The van der Waals surface area contributed by atoms with E-state index in [0.29, 0.717) is 38.9 Å². The highest BCUT2D eigenvalue weighted by Crippen LogP contribution is 2.38. The molecule has 0 aromatic heterocycles. The van der Waals surface area contributed by atoms with Crippen LogP contribution in [0, 0.1) is 11.3 Å². The number of anilines is 1. The zero-order chi connectivity index (χ0) is 24.8. The van der Waals surface area contributed by atoms with Crippen LogP contribution >= 0.6 is 27.5 Å². The number of methoxy groups -OCH3 is 1. The Hall–Kier alpha value is -3.79. The van der Waals surface area contributed by atoms with Crippen molar-refractivity contribution >= 4 is 56.0 Å². The number of hydrogen-bond donors (Lipinski definition) is 1. The van der Waals surface area contributed by atoms with Crippen LogP contribution in [0.15, 0.2) is 88.9 Å². The number of halogens is 2. The summed E-state index contributed by atoms with van der Waals surface area (Å²) in [5, 5.41) is 14.9. The molecule has 4 aromatic carbocycles. The van der Waals surface area contributed by atoms with Gasteiger partial charge in [0.25, 0.3) is 5.91 Å². The van der Waals surface area contributed by atoms with E-state index in [1.54, 1.807) is 36.4 Å². The maximum Gasteiger partial charge on any atom is 0.266 e. The highest BCUT2D eigenvalue weighted by molar-refractivity contribution is 9.10. The van der Waals surface area contributed by atoms with Crippen LogP contribution in [0.4, 0.5) is 5.69 Å². The van der Waals surface area contributed by atoms with Crippen molar-refractivity contribution in [3.05, 3.63) is 105 Å². The van der Waals surface area contributed by atoms with Gasteiger partial charge in [0.2, 0.25) is 0 Å². The Labute approximate surface area is 216 Å². The number of amides is 1. The average molecular weight is 548 g/mol. The number of fused-ring (bicyclic) bond motifs is 1. The summed E-state index contributed by atoms with van der Waals surface area (Å²) in [5.41, 5.74) is 1.96. The molecule has 0 spiro atoms. The largest absolute Gasteiger partial charge is 0.493 e. The molecule has 0 radical (unpaired) electrons. The first-order chi connectivity index (χ1) is 17.0. The van der Waals surface area contributed by atoms with Gasteiger partial charge in [0.1, 0.15) is 18.2 Å². The van der Waals surface area contributed by atoms with Crippen LogP contribution in [0.5, 0.6) is 11.5 Å². The third-order valence-electron chi connectivity index (χ3n) is 5.25. The van der Waals surface area contributed by atoms with Crippen molar-refractivity contribution in [3.8, 4) is 17.6 Å². The van der Waals surface area contributed by atoms with Gasteiger partial charge in [-0.05, 0) is 74.2 Å². The van der Waals surface area contributed by atoms with Gasteiger partial charge in [0, 0.05) is 0 Å². The predicted molar refractivity (Wildman–Crippen MR) is 143 cm³/mol. The molecule has 7 heteroatoms. The third-order valence-corrected chi connectivity index (χ3v) is 6.17. The Bertz CT molecular complexity index is 1480. The maximum absolute atomic E-state index is 12.6. The lowest BCUT2D eigenvalue weighted by Gasteiger charge is -2.14. The first-order valence-corrected chi connectivity index (χ1v) is 11.8. The highest BCUT2D eigenvalue weighted by atomic mass is 79.9. The zero-order valence-electron chi connectivity index (χ0n) is 18.7. The topological polar surface area (TPSA) is 71.3 Å². The van der Waals surface area contributed by atoms with Crippen LogP contribution in [0.2, 0.25) is 5.02 Å². The molecule has 4 rings (SSSR count). The fraction of sp³-hybridized carbons (Fsp3) is 0.0714. The molecule has 174 valence electrons. The van der Waals surface area contributed by atoms with Crippen LogP contribution in [0.25, 0.3) is 16.8 Å². The Balaban J connectivity index is 1.55. The highest BCUT2D eigenvalue weighted by Gasteiger charge is 2.15. The van der Waals surface area contributed by atoms with Gasteiger partial charge in [-0.2, -0.15) is 5.26 Å². The van der Waals surface area contributed by atoms with Gasteiger partial charge in [-0.3, -0.25) is 4.79 Å². The predicted octanol–water partition coefficient (Wildman–Crippen LogP) is 7.39. The molecule has 0 aliphatic carbocycles. The molecular formula is C28H20BrClN2O3. The summed E-state index contributed by atoms with van der Waals surface area (Å²) >= 11 is 9.63. The van der Waals surface area contributed by atoms with E-state index in [0.717, 1.165) is 16.3 Å².